The summed E-state index contributed by atoms with van der Waals surface area (Å²) in [4.78, 5) is 26.6. The van der Waals surface area contributed by atoms with E-state index in [4.69, 9.17) is 0 Å². The third-order valence-corrected chi connectivity index (χ3v) is 5.42. The van der Waals surface area contributed by atoms with E-state index in [1.807, 2.05) is 18.2 Å². The fourth-order valence-electron chi connectivity index (χ4n) is 4.01. The third-order valence-electron chi connectivity index (χ3n) is 5.42. The van der Waals surface area contributed by atoms with Crippen molar-refractivity contribution in [1.82, 2.24) is 10.2 Å². The number of carbonyl (C=O) groups is 2. The molecule has 2 atom stereocenters. The molecule has 2 heterocycles. The fourth-order valence-corrected chi connectivity index (χ4v) is 4.01. The molecule has 2 unspecified atom stereocenters. The van der Waals surface area contributed by atoms with Crippen LogP contribution in [0.5, 0.6) is 0 Å². The van der Waals surface area contributed by atoms with Crippen LogP contribution in [0.3, 0.4) is 0 Å². The van der Waals surface area contributed by atoms with Gasteiger partial charge in [-0.3, -0.25) is 14.5 Å². The summed E-state index contributed by atoms with van der Waals surface area (Å²) in [6.07, 6.45) is 3.24. The number of Topliss-reactive ketones (excluding diaryl/α,β-unsaturated/α-hetero) is 1. The second-order valence-electron chi connectivity index (χ2n) is 6.24. The summed E-state index contributed by atoms with van der Waals surface area (Å²) in [7, 11) is 0. The van der Waals surface area contributed by atoms with E-state index in [1.165, 1.54) is 5.56 Å². The van der Waals surface area contributed by atoms with Crippen molar-refractivity contribution in [3.63, 3.8) is 0 Å². The monoisotopic (exact) mass is 270 g/mol. The van der Waals surface area contributed by atoms with Gasteiger partial charge in [0.15, 0.2) is 5.78 Å². The number of hydrogen-bond acceptors (Lipinski definition) is 3. The van der Waals surface area contributed by atoms with Crippen LogP contribution < -0.4 is 5.32 Å². The highest BCUT2D eigenvalue weighted by atomic mass is 16.2. The SMILES string of the molecule is O=C1CCC12CCC1(CNC1=O)N2Cc1ccccc1. The standard InChI is InChI=1S/C16H18N2O2/c19-13-6-7-15(13)8-9-16(11-17-14(16)20)18(15)10-12-4-2-1-3-5-12/h1-5H,6-11H2,(H,17,20). The minimum atomic E-state index is -0.425. The Bertz CT molecular complexity index is 553. The van der Waals surface area contributed by atoms with Crippen molar-refractivity contribution in [2.75, 3.05) is 6.54 Å². The molecule has 0 radical (unpaired) electrons. The second-order valence-corrected chi connectivity index (χ2v) is 6.24. The largest absolute Gasteiger partial charge is 0.352 e. The van der Waals surface area contributed by atoms with Crippen LogP contribution in [0, 0.1) is 0 Å². The van der Waals surface area contributed by atoms with Gasteiger partial charge in [0, 0.05) is 19.5 Å². The summed E-state index contributed by atoms with van der Waals surface area (Å²) in [6, 6.07) is 10.1. The molecule has 4 nitrogen and oxygen atoms in total. The molecule has 1 aromatic rings. The second kappa shape index (κ2) is 3.92. The van der Waals surface area contributed by atoms with Crippen LogP contribution in [0.1, 0.15) is 31.2 Å². The molecule has 1 aliphatic carbocycles. The lowest BCUT2D eigenvalue weighted by atomic mass is 9.73. The maximum atomic E-state index is 12.2. The molecule has 1 aromatic carbocycles. The first-order valence-electron chi connectivity index (χ1n) is 7.31. The van der Waals surface area contributed by atoms with Crippen LogP contribution in [0.15, 0.2) is 30.3 Å². The maximum absolute atomic E-state index is 12.2. The van der Waals surface area contributed by atoms with Crippen LogP contribution in [0.4, 0.5) is 0 Å². The molecule has 2 saturated heterocycles. The molecule has 0 bridgehead atoms. The highest BCUT2D eigenvalue weighted by Crippen LogP contribution is 2.52. The van der Waals surface area contributed by atoms with Crippen molar-refractivity contribution in [3.8, 4) is 0 Å². The Hall–Kier alpha value is -1.68. The zero-order valence-electron chi connectivity index (χ0n) is 11.4. The summed E-state index contributed by atoms with van der Waals surface area (Å²) < 4.78 is 0. The Kier molecular flexibility index (Phi) is 2.37. The van der Waals surface area contributed by atoms with E-state index in [-0.39, 0.29) is 11.4 Å². The molecular weight excluding hydrogens is 252 g/mol. The topological polar surface area (TPSA) is 49.4 Å². The van der Waals surface area contributed by atoms with E-state index in [9.17, 15) is 9.59 Å². The Labute approximate surface area is 118 Å². The minimum Gasteiger partial charge on any atom is -0.352 e. The summed E-state index contributed by atoms with van der Waals surface area (Å²) in [6.45, 7) is 1.38. The van der Waals surface area contributed by atoms with E-state index in [0.29, 0.717) is 25.3 Å². The summed E-state index contributed by atoms with van der Waals surface area (Å²) >= 11 is 0. The average Bonchev–Trinajstić information content (AvgIpc) is 2.85. The first-order chi connectivity index (χ1) is 9.67. The van der Waals surface area contributed by atoms with E-state index in [1.54, 1.807) is 0 Å². The molecule has 1 saturated carbocycles. The van der Waals surface area contributed by atoms with Gasteiger partial charge in [0.05, 0.1) is 5.54 Å². The van der Waals surface area contributed by atoms with Crippen molar-refractivity contribution in [2.24, 2.45) is 0 Å². The Morgan fingerprint density at radius 1 is 1.05 bits per heavy atom. The summed E-state index contributed by atoms with van der Waals surface area (Å²) in [5.41, 5.74) is 0.395. The molecule has 1 amide bonds. The van der Waals surface area contributed by atoms with Crippen molar-refractivity contribution < 1.29 is 9.59 Å². The smallest absolute Gasteiger partial charge is 0.242 e. The highest BCUT2D eigenvalue weighted by Gasteiger charge is 2.66. The predicted molar refractivity (Wildman–Crippen MR) is 73.9 cm³/mol. The van der Waals surface area contributed by atoms with E-state index in [2.05, 4.69) is 22.3 Å². The Balaban J connectivity index is 1.71. The lowest BCUT2D eigenvalue weighted by Crippen LogP contribution is -2.75. The molecule has 104 valence electrons. The number of nitrogens with zero attached hydrogens (tertiary/aromatic N) is 1. The molecule has 0 aromatic heterocycles. The Morgan fingerprint density at radius 2 is 1.80 bits per heavy atom. The highest BCUT2D eigenvalue weighted by molar-refractivity contribution is 5.99. The van der Waals surface area contributed by atoms with Gasteiger partial charge in [-0.15, -0.1) is 0 Å². The minimum absolute atomic E-state index is 0.102. The van der Waals surface area contributed by atoms with Crippen molar-refractivity contribution >= 4 is 11.7 Å². The first kappa shape index (κ1) is 12.1. The number of benzene rings is 1. The lowest BCUT2D eigenvalue weighted by molar-refractivity contribution is -0.155. The third kappa shape index (κ3) is 1.35. The summed E-state index contributed by atoms with van der Waals surface area (Å²) in [5.74, 6) is 0.426. The number of likely N-dealkylation sites (tertiary alicyclic amines) is 1. The number of hydrogen-bond donors (Lipinski definition) is 1. The van der Waals surface area contributed by atoms with E-state index < -0.39 is 5.54 Å². The van der Waals surface area contributed by atoms with Gasteiger partial charge < -0.3 is 5.32 Å². The predicted octanol–water partition coefficient (Wildman–Crippen LogP) is 1.25. The number of nitrogens with one attached hydrogen (secondary N) is 1. The average molecular weight is 270 g/mol. The molecule has 3 aliphatic rings. The van der Waals surface area contributed by atoms with Crippen LogP contribution in [0.25, 0.3) is 0 Å². The van der Waals surface area contributed by atoms with Crippen LogP contribution in [-0.2, 0) is 16.1 Å². The van der Waals surface area contributed by atoms with Gasteiger partial charge in [-0.1, -0.05) is 30.3 Å². The molecule has 4 heteroatoms. The molecule has 20 heavy (non-hydrogen) atoms. The number of amides is 1. The summed E-state index contributed by atoms with van der Waals surface area (Å²) in [5, 5.41) is 2.87. The van der Waals surface area contributed by atoms with Crippen molar-refractivity contribution in [3.05, 3.63) is 35.9 Å². The van der Waals surface area contributed by atoms with E-state index in [0.717, 1.165) is 19.3 Å². The zero-order valence-corrected chi connectivity index (χ0v) is 11.4. The van der Waals surface area contributed by atoms with Crippen LogP contribution >= 0.6 is 0 Å². The van der Waals surface area contributed by atoms with Gasteiger partial charge in [-0.2, -0.15) is 0 Å². The van der Waals surface area contributed by atoms with E-state index >= 15 is 0 Å². The first-order valence-corrected chi connectivity index (χ1v) is 7.31. The quantitative estimate of drug-likeness (QED) is 0.823. The van der Waals surface area contributed by atoms with Gasteiger partial charge in [0.25, 0.3) is 0 Å². The number of β-lactam (4-membered cyclic amide) rings is 1. The fraction of sp³-hybridized carbons (Fsp3) is 0.500. The van der Waals surface area contributed by atoms with Crippen molar-refractivity contribution in [1.29, 1.82) is 0 Å². The van der Waals surface area contributed by atoms with Crippen molar-refractivity contribution in [2.45, 2.75) is 43.3 Å². The van der Waals surface area contributed by atoms with Gasteiger partial charge in [-0.25, -0.2) is 0 Å². The van der Waals surface area contributed by atoms with Gasteiger partial charge in [-0.05, 0) is 24.8 Å². The van der Waals surface area contributed by atoms with Crippen LogP contribution in [0.2, 0.25) is 0 Å². The molecule has 4 rings (SSSR count). The normalized spacial score (nSPS) is 36.0. The maximum Gasteiger partial charge on any atom is 0.242 e. The van der Waals surface area contributed by atoms with Gasteiger partial charge in [0.1, 0.15) is 5.54 Å². The molecular formula is C16H18N2O2. The molecule has 1 N–H and O–H groups in total. The molecule has 2 aliphatic heterocycles. The van der Waals surface area contributed by atoms with Gasteiger partial charge >= 0.3 is 0 Å². The zero-order chi connectivity index (χ0) is 13.8. The molecule has 2 spiro atoms. The van der Waals surface area contributed by atoms with Crippen LogP contribution in [-0.4, -0.2) is 34.2 Å². The molecule has 3 fully saturated rings. The number of carbonyl (C=O) groups excluding carboxylic acids is 2. The van der Waals surface area contributed by atoms with Gasteiger partial charge in [0.2, 0.25) is 5.91 Å². The number of rotatable bonds is 2. The lowest BCUT2D eigenvalue weighted by Gasteiger charge is -2.52. The Morgan fingerprint density at radius 3 is 2.30 bits per heavy atom. The number of ketones is 1.